The monoisotopic (exact) mass is 475 g/mol. The second-order valence-electron chi connectivity index (χ2n) is 9.47. The van der Waals surface area contributed by atoms with Gasteiger partial charge in [0, 0.05) is 23.6 Å². The van der Waals surface area contributed by atoms with Crippen LogP contribution in [0.3, 0.4) is 0 Å². The average Bonchev–Trinajstić information content (AvgIpc) is 3.16. The van der Waals surface area contributed by atoms with Crippen molar-refractivity contribution in [1.82, 2.24) is 4.98 Å². The molecular formula is C26H37NO5S. The molecule has 5 atom stereocenters. The first-order valence-corrected chi connectivity index (χ1v) is 12.3. The van der Waals surface area contributed by atoms with E-state index in [1.807, 2.05) is 56.5 Å². The lowest BCUT2D eigenvalue weighted by molar-refractivity contribution is -0.154. The number of aryl methyl sites for hydroxylation is 1. The molecule has 7 heteroatoms. The molecule has 0 amide bonds. The van der Waals surface area contributed by atoms with Gasteiger partial charge in [-0.15, -0.1) is 11.3 Å². The molecule has 1 aliphatic rings. The number of hydrogen-bond donors (Lipinski definition) is 2. The first-order chi connectivity index (χ1) is 15.4. The molecule has 0 aromatic carbocycles. The molecule has 1 aromatic rings. The van der Waals surface area contributed by atoms with E-state index in [4.69, 9.17) is 4.74 Å². The van der Waals surface area contributed by atoms with Crippen LogP contribution in [0.5, 0.6) is 0 Å². The van der Waals surface area contributed by atoms with Crippen LogP contribution >= 0.6 is 11.3 Å². The van der Waals surface area contributed by atoms with Gasteiger partial charge in [-0.2, -0.15) is 0 Å². The van der Waals surface area contributed by atoms with Crippen molar-refractivity contribution < 1.29 is 24.5 Å². The minimum atomic E-state index is -1.23. The van der Waals surface area contributed by atoms with Gasteiger partial charge in [0.2, 0.25) is 0 Å². The van der Waals surface area contributed by atoms with E-state index >= 15 is 0 Å². The first-order valence-electron chi connectivity index (χ1n) is 11.4. The van der Waals surface area contributed by atoms with Crippen LogP contribution in [0.4, 0.5) is 0 Å². The average molecular weight is 476 g/mol. The minimum absolute atomic E-state index is 0.220. The molecule has 2 N–H and O–H groups in total. The zero-order valence-corrected chi connectivity index (χ0v) is 21.3. The highest BCUT2D eigenvalue weighted by molar-refractivity contribution is 7.09. The number of ketones is 1. The van der Waals surface area contributed by atoms with Crippen LogP contribution in [0.25, 0.3) is 6.08 Å². The molecule has 0 saturated carbocycles. The Kier molecular flexibility index (Phi) is 9.76. The van der Waals surface area contributed by atoms with E-state index in [0.29, 0.717) is 12.8 Å². The fourth-order valence-electron chi connectivity index (χ4n) is 3.88. The zero-order chi connectivity index (χ0) is 24.8. The summed E-state index contributed by atoms with van der Waals surface area (Å²) in [6.07, 6.45) is 7.94. The van der Waals surface area contributed by atoms with Gasteiger partial charge < -0.3 is 14.9 Å². The van der Waals surface area contributed by atoms with Crippen LogP contribution in [0.15, 0.2) is 35.3 Å². The zero-order valence-electron chi connectivity index (χ0n) is 20.4. The maximum absolute atomic E-state index is 13.1. The number of aliphatic hydroxyl groups is 2. The summed E-state index contributed by atoms with van der Waals surface area (Å²) in [6.45, 7) is 10.6. The summed E-state index contributed by atoms with van der Waals surface area (Å²) < 4.78 is 5.73. The quantitative estimate of drug-likeness (QED) is 0.477. The van der Waals surface area contributed by atoms with Crippen molar-refractivity contribution in [1.29, 1.82) is 0 Å². The van der Waals surface area contributed by atoms with E-state index in [9.17, 15) is 19.8 Å². The number of allylic oxidation sites excluding steroid dienone is 2. The molecule has 0 spiro atoms. The number of carbonyl (C=O) groups excluding carboxylic acids is 2. The highest BCUT2D eigenvalue weighted by atomic mass is 32.1. The minimum Gasteiger partial charge on any atom is -0.457 e. The van der Waals surface area contributed by atoms with E-state index in [2.05, 4.69) is 4.98 Å². The molecule has 0 saturated heterocycles. The van der Waals surface area contributed by atoms with E-state index in [1.54, 1.807) is 32.1 Å². The molecule has 1 aliphatic heterocycles. The van der Waals surface area contributed by atoms with Crippen LogP contribution in [-0.2, 0) is 14.3 Å². The van der Waals surface area contributed by atoms with Crippen molar-refractivity contribution in [2.45, 2.75) is 79.1 Å². The summed E-state index contributed by atoms with van der Waals surface area (Å²) in [5, 5.41) is 24.3. The number of thiazole rings is 1. The third-order valence-electron chi connectivity index (χ3n) is 6.32. The summed E-state index contributed by atoms with van der Waals surface area (Å²) in [7, 11) is 0. The third-order valence-corrected chi connectivity index (χ3v) is 7.11. The van der Waals surface area contributed by atoms with Gasteiger partial charge in [0.1, 0.15) is 11.9 Å². The number of hydrogen-bond acceptors (Lipinski definition) is 7. The van der Waals surface area contributed by atoms with Gasteiger partial charge in [0.05, 0.1) is 34.7 Å². The van der Waals surface area contributed by atoms with Crippen LogP contribution in [-0.4, -0.2) is 45.3 Å². The molecule has 0 radical (unpaired) electrons. The molecule has 1 aromatic heterocycles. The van der Waals surface area contributed by atoms with Crippen molar-refractivity contribution in [2.75, 3.05) is 0 Å². The number of carbonyl (C=O) groups is 2. The number of nitrogens with zero attached hydrogens (tertiary/aromatic N) is 1. The summed E-state index contributed by atoms with van der Waals surface area (Å²) in [5.41, 5.74) is 0.460. The van der Waals surface area contributed by atoms with Gasteiger partial charge in [0.15, 0.2) is 0 Å². The topological polar surface area (TPSA) is 96.7 Å². The van der Waals surface area contributed by atoms with Crippen LogP contribution < -0.4 is 0 Å². The molecule has 0 aliphatic carbocycles. The number of ether oxygens (including phenoxy) is 1. The Bertz CT molecular complexity index is 914. The number of rotatable bonds is 2. The van der Waals surface area contributed by atoms with Crippen LogP contribution in [0, 0.1) is 24.2 Å². The largest absolute Gasteiger partial charge is 0.457 e. The Morgan fingerprint density at radius 3 is 2.55 bits per heavy atom. The Morgan fingerprint density at radius 2 is 1.91 bits per heavy atom. The Labute approximate surface area is 201 Å². The first kappa shape index (κ1) is 27.2. The Morgan fingerprint density at radius 1 is 1.21 bits per heavy atom. The third kappa shape index (κ3) is 7.45. The smallest absolute Gasteiger partial charge is 0.309 e. The van der Waals surface area contributed by atoms with Gasteiger partial charge in [-0.25, -0.2) is 4.98 Å². The highest BCUT2D eigenvalue weighted by Gasteiger charge is 2.42. The van der Waals surface area contributed by atoms with Gasteiger partial charge in [-0.05, 0) is 31.9 Å². The number of aliphatic hydroxyl groups excluding tert-OH is 2. The van der Waals surface area contributed by atoms with Gasteiger partial charge in [-0.1, -0.05) is 52.0 Å². The molecule has 0 fully saturated rings. The Hall–Kier alpha value is -2.09. The van der Waals surface area contributed by atoms with Crippen molar-refractivity contribution in [3.8, 4) is 0 Å². The highest BCUT2D eigenvalue weighted by Crippen LogP contribution is 2.31. The van der Waals surface area contributed by atoms with E-state index in [-0.39, 0.29) is 18.1 Å². The molecule has 0 unspecified atom stereocenters. The lowest BCUT2D eigenvalue weighted by atomic mass is 9.73. The van der Waals surface area contributed by atoms with Crippen LogP contribution in [0.1, 0.15) is 64.6 Å². The number of esters is 1. The van der Waals surface area contributed by atoms with Crippen molar-refractivity contribution >= 4 is 29.2 Å². The molecule has 0 bridgehead atoms. The SMILES string of the molecule is C/C(=C\c1csc(C)n1)[C@@H]1C/C=C\C/C=C/[C@H](C)[C@H](O)[C@@H](C)C(=O)C(C)(C)[C@@H](O)CC(=O)O1. The second kappa shape index (κ2) is 11.9. The standard InChI is InChI=1S/C26H37NO5S/c1-16-11-9-7-8-10-12-21(17(2)13-20-15-33-19(4)27-20)32-23(29)14-22(28)26(5,6)25(31)18(3)24(16)30/h8-11,13,15-16,18,21-22,24,28,30H,7,12,14H2,1-6H3/b10-8-,11-9+,17-13+/t16-,18+,21-,22-,24-/m0/s1. The predicted molar refractivity (Wildman–Crippen MR) is 132 cm³/mol. The Balaban J connectivity index is 2.31. The van der Waals surface area contributed by atoms with E-state index in [1.165, 1.54) is 0 Å². The van der Waals surface area contributed by atoms with Gasteiger partial charge in [-0.3, -0.25) is 9.59 Å². The molecular weight excluding hydrogens is 438 g/mol. The summed E-state index contributed by atoms with van der Waals surface area (Å²) in [6, 6.07) is 0. The molecule has 2 heterocycles. The van der Waals surface area contributed by atoms with Gasteiger partial charge >= 0.3 is 5.97 Å². The lowest BCUT2D eigenvalue weighted by Crippen LogP contribution is -2.45. The number of cyclic esters (lactones) is 1. The van der Waals surface area contributed by atoms with E-state index < -0.39 is 35.6 Å². The fourth-order valence-corrected chi connectivity index (χ4v) is 4.45. The fraction of sp³-hybridized carbons (Fsp3) is 0.577. The molecule has 182 valence electrons. The number of aromatic nitrogens is 1. The molecule has 33 heavy (non-hydrogen) atoms. The molecule has 2 rings (SSSR count). The normalized spacial score (nSPS) is 32.2. The maximum Gasteiger partial charge on any atom is 0.309 e. The summed E-state index contributed by atoms with van der Waals surface area (Å²) in [4.78, 5) is 30.3. The van der Waals surface area contributed by atoms with E-state index in [0.717, 1.165) is 16.3 Å². The summed E-state index contributed by atoms with van der Waals surface area (Å²) >= 11 is 1.55. The predicted octanol–water partition coefficient (Wildman–Crippen LogP) is 4.65. The number of Topliss-reactive ketones (excluding diaryl/α,β-unsaturated/α-hetero) is 1. The summed E-state index contributed by atoms with van der Waals surface area (Å²) in [5.74, 6) is -1.76. The van der Waals surface area contributed by atoms with Crippen molar-refractivity contribution in [3.05, 3.63) is 46.0 Å². The van der Waals surface area contributed by atoms with Crippen molar-refractivity contribution in [3.63, 3.8) is 0 Å². The molecule has 6 nitrogen and oxygen atoms in total. The van der Waals surface area contributed by atoms with Crippen LogP contribution in [0.2, 0.25) is 0 Å². The lowest BCUT2D eigenvalue weighted by Gasteiger charge is -2.34. The second-order valence-corrected chi connectivity index (χ2v) is 10.5. The van der Waals surface area contributed by atoms with Gasteiger partial charge in [0.25, 0.3) is 0 Å². The van der Waals surface area contributed by atoms with Crippen molar-refractivity contribution in [2.24, 2.45) is 17.3 Å². The maximum atomic E-state index is 13.1.